The SMILES string of the molecule is CCOc1ccccc1OCC(=O)NCCNS(=O)(=O)c1ccc(CC)cc1. The summed E-state index contributed by atoms with van der Waals surface area (Å²) in [6, 6.07) is 13.8. The molecule has 2 aromatic carbocycles. The highest BCUT2D eigenvalue weighted by Gasteiger charge is 2.13. The number of ether oxygens (including phenoxy) is 2. The third kappa shape index (κ3) is 6.54. The predicted molar refractivity (Wildman–Crippen MR) is 107 cm³/mol. The Balaban J connectivity index is 1.74. The summed E-state index contributed by atoms with van der Waals surface area (Å²) >= 11 is 0. The highest BCUT2D eigenvalue weighted by Crippen LogP contribution is 2.26. The Morgan fingerprint density at radius 1 is 0.929 bits per heavy atom. The molecule has 8 heteroatoms. The van der Waals surface area contributed by atoms with Crippen molar-refractivity contribution in [3.05, 3.63) is 54.1 Å². The summed E-state index contributed by atoms with van der Waals surface area (Å²) in [5.41, 5.74) is 1.07. The third-order valence-electron chi connectivity index (χ3n) is 3.89. The highest BCUT2D eigenvalue weighted by atomic mass is 32.2. The zero-order valence-corrected chi connectivity index (χ0v) is 16.9. The second-order valence-electron chi connectivity index (χ2n) is 5.91. The zero-order valence-electron chi connectivity index (χ0n) is 16.1. The number of rotatable bonds is 11. The molecule has 152 valence electrons. The van der Waals surface area contributed by atoms with Gasteiger partial charge < -0.3 is 14.8 Å². The van der Waals surface area contributed by atoms with E-state index in [0.717, 1.165) is 12.0 Å². The number of carbonyl (C=O) groups is 1. The fourth-order valence-corrected chi connectivity index (χ4v) is 3.45. The van der Waals surface area contributed by atoms with Crippen molar-refractivity contribution in [3.63, 3.8) is 0 Å². The molecule has 0 saturated heterocycles. The van der Waals surface area contributed by atoms with E-state index in [1.165, 1.54) is 0 Å². The number of amides is 1. The fourth-order valence-electron chi connectivity index (χ4n) is 2.41. The Morgan fingerprint density at radius 2 is 1.57 bits per heavy atom. The summed E-state index contributed by atoms with van der Waals surface area (Å²) in [6.45, 7) is 4.41. The number of hydrogen-bond acceptors (Lipinski definition) is 5. The van der Waals surface area contributed by atoms with Crippen LogP contribution in [0.4, 0.5) is 0 Å². The minimum atomic E-state index is -3.60. The highest BCUT2D eigenvalue weighted by molar-refractivity contribution is 7.89. The molecule has 0 unspecified atom stereocenters. The number of carbonyl (C=O) groups excluding carboxylic acids is 1. The van der Waals surface area contributed by atoms with Crippen LogP contribution in [-0.2, 0) is 21.2 Å². The van der Waals surface area contributed by atoms with Crippen LogP contribution >= 0.6 is 0 Å². The summed E-state index contributed by atoms with van der Waals surface area (Å²) in [5.74, 6) is 0.702. The van der Waals surface area contributed by atoms with E-state index in [9.17, 15) is 13.2 Å². The van der Waals surface area contributed by atoms with Crippen molar-refractivity contribution in [2.24, 2.45) is 0 Å². The van der Waals surface area contributed by atoms with Crippen LogP contribution in [0.1, 0.15) is 19.4 Å². The molecular formula is C20H26N2O5S. The maximum Gasteiger partial charge on any atom is 0.257 e. The van der Waals surface area contributed by atoms with Gasteiger partial charge >= 0.3 is 0 Å². The van der Waals surface area contributed by atoms with Crippen molar-refractivity contribution in [1.82, 2.24) is 10.0 Å². The van der Waals surface area contributed by atoms with Crippen LogP contribution in [0.2, 0.25) is 0 Å². The molecule has 28 heavy (non-hydrogen) atoms. The number of benzene rings is 2. The lowest BCUT2D eigenvalue weighted by Crippen LogP contribution is -2.36. The molecule has 0 radical (unpaired) electrons. The second kappa shape index (κ2) is 10.7. The van der Waals surface area contributed by atoms with Gasteiger partial charge in [-0.2, -0.15) is 0 Å². The predicted octanol–water partition coefficient (Wildman–Crippen LogP) is 2.12. The largest absolute Gasteiger partial charge is 0.490 e. The number of para-hydroxylation sites is 2. The summed E-state index contributed by atoms with van der Waals surface area (Å²) in [5, 5.41) is 2.61. The molecule has 0 fully saturated rings. The molecule has 7 nitrogen and oxygen atoms in total. The van der Waals surface area contributed by atoms with E-state index in [-0.39, 0.29) is 30.5 Å². The van der Waals surface area contributed by atoms with E-state index in [1.807, 2.05) is 19.9 Å². The minimum Gasteiger partial charge on any atom is -0.490 e. The average Bonchev–Trinajstić information content (AvgIpc) is 2.71. The fraction of sp³-hybridized carbons (Fsp3) is 0.350. The molecule has 0 aliphatic heterocycles. The number of aryl methyl sites for hydroxylation is 1. The molecule has 2 N–H and O–H groups in total. The van der Waals surface area contributed by atoms with Crippen molar-refractivity contribution in [3.8, 4) is 11.5 Å². The summed E-state index contributed by atoms with van der Waals surface area (Å²) in [6.07, 6.45) is 0.844. The lowest BCUT2D eigenvalue weighted by molar-refractivity contribution is -0.123. The van der Waals surface area contributed by atoms with Crippen LogP contribution in [-0.4, -0.2) is 40.6 Å². The summed E-state index contributed by atoms with van der Waals surface area (Å²) in [7, 11) is -3.60. The topological polar surface area (TPSA) is 93.7 Å². The Hall–Kier alpha value is -2.58. The normalized spacial score (nSPS) is 11.1. The molecular weight excluding hydrogens is 380 g/mol. The van der Waals surface area contributed by atoms with E-state index in [1.54, 1.807) is 42.5 Å². The third-order valence-corrected chi connectivity index (χ3v) is 5.37. The van der Waals surface area contributed by atoms with Gasteiger partial charge in [0.1, 0.15) is 0 Å². The van der Waals surface area contributed by atoms with E-state index >= 15 is 0 Å². The van der Waals surface area contributed by atoms with Crippen molar-refractivity contribution in [2.75, 3.05) is 26.3 Å². The van der Waals surface area contributed by atoms with Crippen LogP contribution < -0.4 is 19.5 Å². The van der Waals surface area contributed by atoms with Gasteiger partial charge in [0.15, 0.2) is 18.1 Å². The van der Waals surface area contributed by atoms with E-state index in [2.05, 4.69) is 10.0 Å². The van der Waals surface area contributed by atoms with Gasteiger partial charge in [-0.15, -0.1) is 0 Å². The molecule has 0 aliphatic carbocycles. The van der Waals surface area contributed by atoms with Gasteiger partial charge in [0.2, 0.25) is 10.0 Å². The van der Waals surface area contributed by atoms with Gasteiger partial charge in [0.25, 0.3) is 5.91 Å². The molecule has 0 atom stereocenters. The Morgan fingerprint density at radius 3 is 2.18 bits per heavy atom. The lowest BCUT2D eigenvalue weighted by atomic mass is 10.2. The van der Waals surface area contributed by atoms with E-state index in [0.29, 0.717) is 18.1 Å². The minimum absolute atomic E-state index is 0.0825. The molecule has 0 saturated carbocycles. The van der Waals surface area contributed by atoms with Crippen molar-refractivity contribution in [1.29, 1.82) is 0 Å². The van der Waals surface area contributed by atoms with Crippen molar-refractivity contribution in [2.45, 2.75) is 25.2 Å². The number of sulfonamides is 1. The second-order valence-corrected chi connectivity index (χ2v) is 7.68. The molecule has 2 rings (SSSR count). The molecule has 0 bridgehead atoms. The van der Waals surface area contributed by atoms with E-state index in [4.69, 9.17) is 9.47 Å². The van der Waals surface area contributed by atoms with Crippen LogP contribution in [0.3, 0.4) is 0 Å². The molecule has 0 aliphatic rings. The first-order valence-electron chi connectivity index (χ1n) is 9.16. The molecule has 0 heterocycles. The Bertz CT molecular complexity index is 866. The van der Waals surface area contributed by atoms with Crippen molar-refractivity contribution < 1.29 is 22.7 Å². The smallest absolute Gasteiger partial charge is 0.257 e. The monoisotopic (exact) mass is 406 g/mol. The summed E-state index contributed by atoms with van der Waals surface area (Å²) < 4.78 is 37.8. The van der Waals surface area contributed by atoms with Gasteiger partial charge in [0, 0.05) is 13.1 Å². The quantitative estimate of drug-likeness (QED) is 0.558. The van der Waals surface area contributed by atoms with Gasteiger partial charge in [-0.25, -0.2) is 13.1 Å². The Kier molecular flexibility index (Phi) is 8.28. The van der Waals surface area contributed by atoms with Gasteiger partial charge in [0.05, 0.1) is 11.5 Å². The zero-order chi connectivity index (χ0) is 20.4. The maximum absolute atomic E-state index is 12.2. The van der Waals surface area contributed by atoms with E-state index < -0.39 is 10.0 Å². The lowest BCUT2D eigenvalue weighted by Gasteiger charge is -2.12. The first kappa shape index (κ1) is 21.7. The average molecular weight is 407 g/mol. The molecule has 0 spiro atoms. The van der Waals surface area contributed by atoms with Crippen LogP contribution in [0.15, 0.2) is 53.4 Å². The number of hydrogen-bond donors (Lipinski definition) is 2. The first-order chi connectivity index (χ1) is 13.5. The van der Waals surface area contributed by atoms with Crippen molar-refractivity contribution >= 4 is 15.9 Å². The summed E-state index contributed by atoms with van der Waals surface area (Å²) in [4.78, 5) is 12.1. The number of nitrogens with one attached hydrogen (secondary N) is 2. The standard InChI is InChI=1S/C20H26N2O5S/c1-3-16-9-11-17(12-10-16)28(24,25)22-14-13-21-20(23)15-27-19-8-6-5-7-18(19)26-4-2/h5-12,22H,3-4,13-15H2,1-2H3,(H,21,23). The van der Waals surface area contributed by atoms with Crippen LogP contribution in [0, 0.1) is 0 Å². The Labute approximate surface area is 166 Å². The van der Waals surface area contributed by atoms with Gasteiger partial charge in [-0.3, -0.25) is 4.79 Å². The van der Waals surface area contributed by atoms with Gasteiger partial charge in [-0.1, -0.05) is 31.2 Å². The first-order valence-corrected chi connectivity index (χ1v) is 10.6. The maximum atomic E-state index is 12.2. The molecule has 1 amide bonds. The van der Waals surface area contributed by atoms with Gasteiger partial charge in [-0.05, 0) is 43.2 Å². The van der Waals surface area contributed by atoms with Crippen LogP contribution in [0.25, 0.3) is 0 Å². The van der Waals surface area contributed by atoms with Crippen LogP contribution in [0.5, 0.6) is 11.5 Å². The molecule has 0 aromatic heterocycles. The molecule has 2 aromatic rings.